The Kier molecular flexibility index (Phi) is 4.72. The van der Waals surface area contributed by atoms with Crippen LogP contribution in [0.2, 0.25) is 5.02 Å². The summed E-state index contributed by atoms with van der Waals surface area (Å²) in [7, 11) is 1.56. The van der Waals surface area contributed by atoms with Crippen LogP contribution < -0.4 is 9.47 Å². The molecule has 0 spiro atoms. The van der Waals surface area contributed by atoms with E-state index in [0.29, 0.717) is 34.8 Å². The monoisotopic (exact) mass is 372 g/mol. The van der Waals surface area contributed by atoms with Crippen LogP contribution in [0.4, 0.5) is 0 Å². The SMILES string of the molecule is COc1ccc(C(=O)N2C[C@@H]3CC[C@H](Oc4ccccc4Cl)[C@@H]3C2)cn1. The fourth-order valence-electron chi connectivity index (χ4n) is 4.04. The summed E-state index contributed by atoms with van der Waals surface area (Å²) >= 11 is 6.22. The molecular formula is C20H21ClN2O3. The topological polar surface area (TPSA) is 51.7 Å². The summed E-state index contributed by atoms with van der Waals surface area (Å²) in [5.41, 5.74) is 0.592. The lowest BCUT2D eigenvalue weighted by Gasteiger charge is -2.22. The second kappa shape index (κ2) is 7.16. The first-order chi connectivity index (χ1) is 12.7. The molecular weight excluding hydrogens is 352 g/mol. The molecule has 0 unspecified atom stereocenters. The van der Waals surface area contributed by atoms with Crippen LogP contribution in [0.5, 0.6) is 11.6 Å². The van der Waals surface area contributed by atoms with Gasteiger partial charge in [0.1, 0.15) is 11.9 Å². The molecule has 0 radical (unpaired) electrons. The van der Waals surface area contributed by atoms with Crippen LogP contribution >= 0.6 is 11.6 Å². The van der Waals surface area contributed by atoms with E-state index in [1.165, 1.54) is 0 Å². The number of rotatable bonds is 4. The van der Waals surface area contributed by atoms with Gasteiger partial charge in [-0.25, -0.2) is 4.98 Å². The fourth-order valence-corrected chi connectivity index (χ4v) is 4.22. The minimum atomic E-state index is 0.0195. The summed E-state index contributed by atoms with van der Waals surface area (Å²) in [5.74, 6) is 2.09. The van der Waals surface area contributed by atoms with Crippen molar-refractivity contribution in [3.8, 4) is 11.6 Å². The van der Waals surface area contributed by atoms with E-state index >= 15 is 0 Å². The van der Waals surface area contributed by atoms with Crippen molar-refractivity contribution in [1.29, 1.82) is 0 Å². The van der Waals surface area contributed by atoms with E-state index in [2.05, 4.69) is 4.98 Å². The van der Waals surface area contributed by atoms with Gasteiger partial charge in [-0.3, -0.25) is 4.79 Å². The fraction of sp³-hybridized carbons (Fsp3) is 0.400. The zero-order chi connectivity index (χ0) is 18.1. The third-order valence-corrected chi connectivity index (χ3v) is 5.70. The number of nitrogens with zero attached hydrogens (tertiary/aromatic N) is 2. The van der Waals surface area contributed by atoms with E-state index in [0.717, 1.165) is 25.1 Å². The van der Waals surface area contributed by atoms with Crippen LogP contribution in [0.3, 0.4) is 0 Å². The number of carbonyl (C=O) groups excluding carboxylic acids is 1. The number of fused-ring (bicyclic) bond motifs is 1. The van der Waals surface area contributed by atoms with Crippen LogP contribution in [0.1, 0.15) is 23.2 Å². The Balaban J connectivity index is 1.43. The first kappa shape index (κ1) is 17.2. The summed E-state index contributed by atoms with van der Waals surface area (Å²) in [6, 6.07) is 11.0. The first-order valence-corrected chi connectivity index (χ1v) is 9.24. The standard InChI is InChI=1S/C20H21ClN2O3/c1-25-19-9-7-13(10-22-19)20(24)23-11-14-6-8-17(15(14)12-23)26-18-5-3-2-4-16(18)21/h2-5,7,9-10,14-15,17H,6,8,11-12H2,1H3/t14-,15+,17-/m0/s1. The van der Waals surface area contributed by atoms with E-state index < -0.39 is 0 Å². The van der Waals surface area contributed by atoms with Crippen molar-refractivity contribution < 1.29 is 14.3 Å². The van der Waals surface area contributed by atoms with E-state index in [4.69, 9.17) is 21.1 Å². The number of halogens is 1. The highest BCUT2D eigenvalue weighted by Gasteiger charge is 2.45. The quantitative estimate of drug-likeness (QED) is 0.821. The van der Waals surface area contributed by atoms with E-state index in [1.807, 2.05) is 29.2 Å². The predicted octanol–water partition coefficient (Wildman–Crippen LogP) is 3.67. The van der Waals surface area contributed by atoms with Gasteiger partial charge in [-0.15, -0.1) is 0 Å². The number of para-hydroxylation sites is 1. The molecule has 5 nitrogen and oxygen atoms in total. The Labute approximate surface area is 157 Å². The Morgan fingerprint density at radius 3 is 2.77 bits per heavy atom. The molecule has 1 saturated carbocycles. The zero-order valence-electron chi connectivity index (χ0n) is 14.6. The van der Waals surface area contributed by atoms with Crippen molar-refractivity contribution in [2.75, 3.05) is 20.2 Å². The van der Waals surface area contributed by atoms with E-state index in [1.54, 1.807) is 25.4 Å². The van der Waals surface area contributed by atoms with Crippen LogP contribution in [-0.2, 0) is 0 Å². The number of pyridine rings is 1. The molecule has 1 aromatic carbocycles. The molecule has 1 amide bonds. The number of amides is 1. The first-order valence-electron chi connectivity index (χ1n) is 8.86. The molecule has 2 aromatic rings. The number of carbonyl (C=O) groups is 1. The maximum absolute atomic E-state index is 12.8. The van der Waals surface area contributed by atoms with Gasteiger partial charge in [0, 0.05) is 31.3 Å². The zero-order valence-corrected chi connectivity index (χ0v) is 15.4. The molecule has 1 saturated heterocycles. The lowest BCUT2D eigenvalue weighted by atomic mass is 9.99. The smallest absolute Gasteiger partial charge is 0.255 e. The van der Waals surface area contributed by atoms with E-state index in [9.17, 15) is 4.79 Å². The molecule has 2 heterocycles. The second-order valence-corrected chi connectivity index (χ2v) is 7.29. The van der Waals surface area contributed by atoms with E-state index in [-0.39, 0.29) is 12.0 Å². The molecule has 2 aliphatic rings. The average molecular weight is 373 g/mol. The number of benzene rings is 1. The van der Waals surface area contributed by atoms with Gasteiger partial charge < -0.3 is 14.4 Å². The molecule has 1 aliphatic heterocycles. The Bertz CT molecular complexity index is 796. The second-order valence-electron chi connectivity index (χ2n) is 6.89. The highest BCUT2D eigenvalue weighted by molar-refractivity contribution is 6.32. The van der Waals surface area contributed by atoms with Crippen LogP contribution in [-0.4, -0.2) is 42.1 Å². The van der Waals surface area contributed by atoms with Gasteiger partial charge in [0.15, 0.2) is 0 Å². The summed E-state index contributed by atoms with van der Waals surface area (Å²) in [6.07, 6.45) is 3.76. The third kappa shape index (κ3) is 3.23. The number of methoxy groups -OCH3 is 1. The van der Waals surface area contributed by atoms with Crippen molar-refractivity contribution in [3.63, 3.8) is 0 Å². The number of likely N-dealkylation sites (tertiary alicyclic amines) is 1. The lowest BCUT2D eigenvalue weighted by molar-refractivity contribution is 0.0762. The van der Waals surface area contributed by atoms with Gasteiger partial charge in [-0.1, -0.05) is 23.7 Å². The molecule has 136 valence electrons. The third-order valence-electron chi connectivity index (χ3n) is 5.39. The Hall–Kier alpha value is -2.27. The maximum Gasteiger partial charge on any atom is 0.255 e. The highest BCUT2D eigenvalue weighted by Crippen LogP contribution is 2.41. The molecule has 3 atom stereocenters. The number of hydrogen-bond donors (Lipinski definition) is 0. The van der Waals surface area contributed by atoms with Crippen molar-refractivity contribution in [1.82, 2.24) is 9.88 Å². The summed E-state index contributed by atoms with van der Waals surface area (Å²) < 4.78 is 11.2. The minimum Gasteiger partial charge on any atom is -0.489 e. The van der Waals surface area contributed by atoms with Gasteiger partial charge in [0.05, 0.1) is 17.7 Å². The number of ether oxygens (including phenoxy) is 2. The molecule has 1 aliphatic carbocycles. The summed E-state index contributed by atoms with van der Waals surface area (Å²) in [4.78, 5) is 18.8. The van der Waals surface area contributed by atoms with Crippen molar-refractivity contribution in [2.24, 2.45) is 11.8 Å². The van der Waals surface area contributed by atoms with Crippen molar-refractivity contribution in [3.05, 3.63) is 53.2 Å². The van der Waals surface area contributed by atoms with Gasteiger partial charge in [0.25, 0.3) is 5.91 Å². The van der Waals surface area contributed by atoms with Crippen molar-refractivity contribution in [2.45, 2.75) is 18.9 Å². The molecule has 26 heavy (non-hydrogen) atoms. The summed E-state index contributed by atoms with van der Waals surface area (Å²) in [6.45, 7) is 1.49. The normalized spacial score (nSPS) is 24.4. The van der Waals surface area contributed by atoms with Gasteiger partial charge in [-0.05, 0) is 37.0 Å². The minimum absolute atomic E-state index is 0.0195. The number of aromatic nitrogens is 1. The molecule has 1 aromatic heterocycles. The van der Waals surface area contributed by atoms with Crippen molar-refractivity contribution >= 4 is 17.5 Å². The lowest BCUT2D eigenvalue weighted by Crippen LogP contribution is -2.32. The van der Waals surface area contributed by atoms with Gasteiger partial charge >= 0.3 is 0 Å². The molecule has 0 bridgehead atoms. The molecule has 6 heteroatoms. The summed E-state index contributed by atoms with van der Waals surface area (Å²) in [5, 5.41) is 0.631. The average Bonchev–Trinajstić information content (AvgIpc) is 3.25. The molecule has 2 fully saturated rings. The number of hydrogen-bond acceptors (Lipinski definition) is 4. The highest BCUT2D eigenvalue weighted by atomic mass is 35.5. The van der Waals surface area contributed by atoms with Gasteiger partial charge in [-0.2, -0.15) is 0 Å². The Morgan fingerprint density at radius 2 is 2.04 bits per heavy atom. The molecule has 0 N–H and O–H groups in total. The predicted molar refractivity (Wildman–Crippen MR) is 98.8 cm³/mol. The van der Waals surface area contributed by atoms with Crippen LogP contribution in [0.25, 0.3) is 0 Å². The molecule has 4 rings (SSSR count). The largest absolute Gasteiger partial charge is 0.489 e. The van der Waals surface area contributed by atoms with Gasteiger partial charge in [0.2, 0.25) is 5.88 Å². The van der Waals surface area contributed by atoms with Crippen LogP contribution in [0.15, 0.2) is 42.6 Å². The Morgan fingerprint density at radius 1 is 1.19 bits per heavy atom. The maximum atomic E-state index is 12.8. The van der Waals surface area contributed by atoms with Crippen LogP contribution in [0, 0.1) is 11.8 Å².